The molecular weight excluding hydrogens is 290 g/mol. The highest BCUT2D eigenvalue weighted by Gasteiger charge is 2.20. The van der Waals surface area contributed by atoms with Crippen molar-refractivity contribution >= 4 is 15.8 Å². The van der Waals surface area contributed by atoms with E-state index in [0.717, 1.165) is 0 Å². The molecule has 0 fully saturated rings. The quantitative estimate of drug-likeness (QED) is 0.903. The van der Waals surface area contributed by atoms with Crippen molar-refractivity contribution in [3.05, 3.63) is 47.2 Å². The molecule has 0 saturated carbocycles. The summed E-state index contributed by atoms with van der Waals surface area (Å²) in [5.74, 6) is -0.407. The molecule has 0 aliphatic heterocycles. The van der Waals surface area contributed by atoms with Gasteiger partial charge in [-0.2, -0.15) is 5.26 Å². The van der Waals surface area contributed by atoms with Gasteiger partial charge >= 0.3 is 0 Å². The molecule has 1 heterocycles. The molecule has 0 radical (unpaired) electrons. The van der Waals surface area contributed by atoms with Crippen molar-refractivity contribution in [2.24, 2.45) is 0 Å². The Hall–Kier alpha value is -2.59. The fourth-order valence-corrected chi connectivity index (χ4v) is 3.05. The Balaban J connectivity index is 2.48. The van der Waals surface area contributed by atoms with E-state index in [-0.39, 0.29) is 22.0 Å². The first-order chi connectivity index (χ1) is 9.83. The highest BCUT2D eigenvalue weighted by Crippen LogP contribution is 2.25. The first-order valence-electron chi connectivity index (χ1n) is 6.03. The van der Waals surface area contributed by atoms with E-state index in [0.29, 0.717) is 11.3 Å². The molecule has 0 aliphatic carbocycles. The number of nitrogens with zero attached hydrogens (tertiary/aromatic N) is 2. The lowest BCUT2D eigenvalue weighted by atomic mass is 10.2. The standard InChI is InChI=1S/C14H13N3O3S/c1-9-3-5-11(8-15)7-13(9)21(19,20)17-14-12(18)6-4-10(2)16-14/h3-7,18H,1-2H3,(H,16,17). The highest BCUT2D eigenvalue weighted by atomic mass is 32.2. The van der Waals surface area contributed by atoms with Crippen molar-refractivity contribution in [1.82, 2.24) is 4.98 Å². The first kappa shape index (κ1) is 14.8. The maximum atomic E-state index is 12.4. The molecule has 0 spiro atoms. The van der Waals surface area contributed by atoms with Crippen LogP contribution in [0.4, 0.5) is 5.82 Å². The highest BCUT2D eigenvalue weighted by molar-refractivity contribution is 7.92. The van der Waals surface area contributed by atoms with Crippen LogP contribution < -0.4 is 4.72 Å². The van der Waals surface area contributed by atoms with Gasteiger partial charge in [-0.25, -0.2) is 13.4 Å². The summed E-state index contributed by atoms with van der Waals surface area (Å²) < 4.78 is 27.0. The number of nitriles is 1. The Labute approximate surface area is 122 Å². The average Bonchev–Trinajstić information content (AvgIpc) is 2.43. The first-order valence-corrected chi connectivity index (χ1v) is 7.52. The number of sulfonamides is 1. The second-order valence-electron chi connectivity index (χ2n) is 4.52. The summed E-state index contributed by atoms with van der Waals surface area (Å²) in [5.41, 5.74) is 1.30. The molecule has 2 aromatic rings. The fraction of sp³-hybridized carbons (Fsp3) is 0.143. The van der Waals surface area contributed by atoms with Gasteiger partial charge < -0.3 is 5.11 Å². The van der Waals surface area contributed by atoms with E-state index in [2.05, 4.69) is 9.71 Å². The van der Waals surface area contributed by atoms with Crippen molar-refractivity contribution in [2.45, 2.75) is 18.7 Å². The average molecular weight is 303 g/mol. The van der Waals surface area contributed by atoms with E-state index >= 15 is 0 Å². The zero-order valence-electron chi connectivity index (χ0n) is 11.5. The zero-order valence-corrected chi connectivity index (χ0v) is 12.3. The molecule has 0 atom stereocenters. The van der Waals surface area contributed by atoms with Gasteiger partial charge in [0.1, 0.15) is 0 Å². The molecule has 1 aromatic carbocycles. The number of benzene rings is 1. The molecule has 7 heteroatoms. The molecule has 6 nitrogen and oxygen atoms in total. The van der Waals surface area contributed by atoms with E-state index < -0.39 is 10.0 Å². The normalized spacial score (nSPS) is 10.9. The molecule has 0 bridgehead atoms. The second kappa shape index (κ2) is 5.42. The lowest BCUT2D eigenvalue weighted by Gasteiger charge is -2.11. The van der Waals surface area contributed by atoms with Crippen LogP contribution in [0.3, 0.4) is 0 Å². The summed E-state index contributed by atoms with van der Waals surface area (Å²) in [6.07, 6.45) is 0. The number of hydrogen-bond acceptors (Lipinski definition) is 5. The van der Waals surface area contributed by atoms with Crippen LogP contribution in [0.25, 0.3) is 0 Å². The van der Waals surface area contributed by atoms with E-state index in [1.807, 2.05) is 6.07 Å². The van der Waals surface area contributed by atoms with Crippen LogP contribution in [0, 0.1) is 25.2 Å². The number of anilines is 1. The Morgan fingerprint density at radius 2 is 1.95 bits per heavy atom. The minimum Gasteiger partial charge on any atom is -0.504 e. The monoisotopic (exact) mass is 303 g/mol. The molecule has 0 aliphatic rings. The smallest absolute Gasteiger partial charge is 0.263 e. The number of aromatic hydroxyl groups is 1. The number of pyridine rings is 1. The molecule has 2 N–H and O–H groups in total. The molecule has 0 saturated heterocycles. The lowest BCUT2D eigenvalue weighted by molar-refractivity contribution is 0.475. The minimum atomic E-state index is -3.94. The van der Waals surface area contributed by atoms with E-state index in [9.17, 15) is 13.5 Å². The summed E-state index contributed by atoms with van der Waals surface area (Å²) in [6.45, 7) is 3.30. The largest absolute Gasteiger partial charge is 0.504 e. The van der Waals surface area contributed by atoms with Gasteiger partial charge in [0.15, 0.2) is 11.6 Å². The predicted molar refractivity (Wildman–Crippen MR) is 77.3 cm³/mol. The van der Waals surface area contributed by atoms with Gasteiger partial charge in [-0.3, -0.25) is 4.72 Å². The number of aryl methyl sites for hydroxylation is 2. The molecular formula is C14H13N3O3S. The van der Waals surface area contributed by atoms with Crippen LogP contribution in [0.1, 0.15) is 16.8 Å². The van der Waals surface area contributed by atoms with Gasteiger partial charge in [-0.1, -0.05) is 6.07 Å². The predicted octanol–water partition coefficient (Wildman–Crippen LogP) is 2.08. The van der Waals surface area contributed by atoms with E-state index in [4.69, 9.17) is 5.26 Å². The molecule has 0 unspecified atom stereocenters. The molecule has 0 amide bonds. The maximum Gasteiger partial charge on any atom is 0.263 e. The third-order valence-electron chi connectivity index (χ3n) is 2.85. The Bertz CT molecular complexity index is 839. The van der Waals surface area contributed by atoms with Crippen LogP contribution in [-0.2, 0) is 10.0 Å². The number of nitrogens with one attached hydrogen (secondary N) is 1. The van der Waals surface area contributed by atoms with Gasteiger partial charge in [-0.05, 0) is 43.7 Å². The lowest BCUT2D eigenvalue weighted by Crippen LogP contribution is -2.15. The van der Waals surface area contributed by atoms with Crippen molar-refractivity contribution in [2.75, 3.05) is 4.72 Å². The third kappa shape index (κ3) is 3.12. The van der Waals surface area contributed by atoms with E-state index in [1.165, 1.54) is 18.2 Å². The summed E-state index contributed by atoms with van der Waals surface area (Å²) in [4.78, 5) is 3.93. The minimum absolute atomic E-state index is 0.0238. The summed E-state index contributed by atoms with van der Waals surface area (Å²) in [7, 11) is -3.94. The van der Waals surface area contributed by atoms with Crippen LogP contribution >= 0.6 is 0 Å². The van der Waals surface area contributed by atoms with Crippen molar-refractivity contribution < 1.29 is 13.5 Å². The SMILES string of the molecule is Cc1ccc(O)c(NS(=O)(=O)c2cc(C#N)ccc2C)n1. The zero-order chi connectivity index (χ0) is 15.6. The maximum absolute atomic E-state index is 12.4. The Morgan fingerprint density at radius 3 is 2.62 bits per heavy atom. The number of aromatic nitrogens is 1. The molecule has 2 rings (SSSR count). The van der Waals surface area contributed by atoms with E-state index in [1.54, 1.807) is 26.0 Å². The van der Waals surface area contributed by atoms with Crippen molar-refractivity contribution in [3.8, 4) is 11.8 Å². The third-order valence-corrected chi connectivity index (χ3v) is 4.33. The van der Waals surface area contributed by atoms with Crippen LogP contribution in [0.5, 0.6) is 5.75 Å². The summed E-state index contributed by atoms with van der Waals surface area (Å²) in [5, 5.41) is 18.5. The van der Waals surface area contributed by atoms with Gasteiger partial charge in [0.2, 0.25) is 0 Å². The van der Waals surface area contributed by atoms with Gasteiger partial charge in [0, 0.05) is 5.69 Å². The van der Waals surface area contributed by atoms with Crippen LogP contribution in [-0.4, -0.2) is 18.5 Å². The van der Waals surface area contributed by atoms with Crippen molar-refractivity contribution in [3.63, 3.8) is 0 Å². The molecule has 21 heavy (non-hydrogen) atoms. The Kier molecular flexibility index (Phi) is 3.82. The molecule has 108 valence electrons. The number of rotatable bonds is 3. The van der Waals surface area contributed by atoms with Gasteiger partial charge in [0.25, 0.3) is 10.0 Å². The second-order valence-corrected chi connectivity index (χ2v) is 6.17. The fourth-order valence-electron chi connectivity index (χ4n) is 1.77. The molecule has 1 aromatic heterocycles. The van der Waals surface area contributed by atoms with Crippen molar-refractivity contribution in [1.29, 1.82) is 5.26 Å². The van der Waals surface area contributed by atoms with Crippen LogP contribution in [0.15, 0.2) is 35.2 Å². The van der Waals surface area contributed by atoms with Crippen LogP contribution in [0.2, 0.25) is 0 Å². The number of hydrogen-bond donors (Lipinski definition) is 2. The topological polar surface area (TPSA) is 103 Å². The summed E-state index contributed by atoms with van der Waals surface area (Å²) in [6, 6.07) is 9.19. The summed E-state index contributed by atoms with van der Waals surface area (Å²) >= 11 is 0. The Morgan fingerprint density at radius 1 is 1.24 bits per heavy atom. The van der Waals surface area contributed by atoms with Gasteiger partial charge in [-0.15, -0.1) is 0 Å². The van der Waals surface area contributed by atoms with Gasteiger partial charge in [0.05, 0.1) is 16.5 Å².